The molecule has 0 atom stereocenters. The number of primary amides is 1. The summed E-state index contributed by atoms with van der Waals surface area (Å²) in [6, 6.07) is 6.01. The molecule has 0 radical (unpaired) electrons. The Kier molecular flexibility index (Phi) is 6.05. The topological polar surface area (TPSA) is 115 Å². The smallest absolute Gasteiger partial charge is 0.240 e. The van der Waals surface area contributed by atoms with Crippen molar-refractivity contribution < 1.29 is 13.2 Å². The maximum Gasteiger partial charge on any atom is 0.240 e. The van der Waals surface area contributed by atoms with E-state index < -0.39 is 10.0 Å². The van der Waals surface area contributed by atoms with Gasteiger partial charge in [-0.25, -0.2) is 13.1 Å². The average molecular weight is 315 g/mol. The Balaban J connectivity index is 2.56. The second kappa shape index (κ2) is 7.32. The number of hydrogen-bond donors (Lipinski definition) is 3. The van der Waals surface area contributed by atoms with Crippen LogP contribution < -0.4 is 16.2 Å². The zero-order valence-electron chi connectivity index (χ0n) is 10.8. The molecule has 1 aromatic rings. The maximum atomic E-state index is 11.9. The van der Waals surface area contributed by atoms with Crippen molar-refractivity contribution in [2.24, 2.45) is 11.5 Å². The van der Waals surface area contributed by atoms with E-state index in [2.05, 4.69) is 4.72 Å². The molecule has 8 heteroatoms. The molecule has 6 nitrogen and oxygen atoms in total. The lowest BCUT2D eigenvalue weighted by Crippen LogP contribution is -2.25. The number of thiocarbonyl (C=S) groups is 1. The van der Waals surface area contributed by atoms with Gasteiger partial charge in [0.05, 0.1) is 4.90 Å². The van der Waals surface area contributed by atoms with Gasteiger partial charge in [-0.3, -0.25) is 4.79 Å². The molecule has 0 unspecified atom stereocenters. The number of unbranched alkanes of at least 4 members (excludes halogenated alkanes) is 1. The van der Waals surface area contributed by atoms with Gasteiger partial charge in [0.15, 0.2) is 0 Å². The molecule has 0 saturated carbocycles. The third-order valence-electron chi connectivity index (χ3n) is 2.59. The van der Waals surface area contributed by atoms with Crippen LogP contribution in [0.4, 0.5) is 0 Å². The highest BCUT2D eigenvalue weighted by atomic mass is 32.2. The maximum absolute atomic E-state index is 11.9. The standard InChI is InChI=1S/C12H17N3O3S2/c13-11(16)3-1-2-8-15-20(17,18)10-6-4-9(5-7-10)12(14)19/h4-7,15H,1-3,8H2,(H2,13,16)(H2,14,19). The van der Waals surface area contributed by atoms with E-state index in [1.807, 2.05) is 0 Å². The van der Waals surface area contributed by atoms with Crippen LogP contribution in [0.1, 0.15) is 24.8 Å². The number of nitrogens with one attached hydrogen (secondary N) is 1. The average Bonchev–Trinajstić information content (AvgIpc) is 2.38. The first-order chi connectivity index (χ1) is 9.33. The fourth-order valence-corrected chi connectivity index (χ4v) is 2.72. The molecule has 20 heavy (non-hydrogen) atoms. The first kappa shape index (κ1) is 16.5. The van der Waals surface area contributed by atoms with E-state index in [1.54, 1.807) is 12.1 Å². The van der Waals surface area contributed by atoms with Crippen LogP contribution in [0.15, 0.2) is 29.2 Å². The largest absolute Gasteiger partial charge is 0.389 e. The zero-order valence-corrected chi connectivity index (χ0v) is 12.5. The highest BCUT2D eigenvalue weighted by molar-refractivity contribution is 7.89. The van der Waals surface area contributed by atoms with Gasteiger partial charge in [-0.2, -0.15) is 0 Å². The molecular weight excluding hydrogens is 298 g/mol. The van der Waals surface area contributed by atoms with Gasteiger partial charge in [0.25, 0.3) is 0 Å². The van der Waals surface area contributed by atoms with Crippen LogP contribution in [0.3, 0.4) is 0 Å². The van der Waals surface area contributed by atoms with Crippen molar-refractivity contribution >= 4 is 33.1 Å². The van der Waals surface area contributed by atoms with E-state index in [1.165, 1.54) is 12.1 Å². The Morgan fingerprint density at radius 1 is 1.15 bits per heavy atom. The zero-order chi connectivity index (χ0) is 15.2. The van der Waals surface area contributed by atoms with Crippen LogP contribution in [0, 0.1) is 0 Å². The van der Waals surface area contributed by atoms with Crippen molar-refractivity contribution in [2.45, 2.75) is 24.2 Å². The first-order valence-electron chi connectivity index (χ1n) is 6.01. The quantitative estimate of drug-likeness (QED) is 0.470. The number of rotatable bonds is 8. The monoisotopic (exact) mass is 315 g/mol. The summed E-state index contributed by atoms with van der Waals surface area (Å²) in [6.07, 6.45) is 1.36. The summed E-state index contributed by atoms with van der Waals surface area (Å²) in [5, 5.41) is 0. The van der Waals surface area contributed by atoms with E-state index in [9.17, 15) is 13.2 Å². The van der Waals surface area contributed by atoms with E-state index in [4.69, 9.17) is 23.7 Å². The van der Waals surface area contributed by atoms with Crippen LogP contribution in [0.2, 0.25) is 0 Å². The molecule has 0 aliphatic heterocycles. The third-order valence-corrected chi connectivity index (χ3v) is 4.30. The minimum absolute atomic E-state index is 0.146. The van der Waals surface area contributed by atoms with Crippen LogP contribution in [0.5, 0.6) is 0 Å². The van der Waals surface area contributed by atoms with Gasteiger partial charge < -0.3 is 11.5 Å². The molecule has 0 aliphatic carbocycles. The SMILES string of the molecule is NC(=O)CCCCNS(=O)(=O)c1ccc(C(N)=S)cc1. The lowest BCUT2D eigenvalue weighted by atomic mass is 10.2. The van der Waals surface area contributed by atoms with Crippen LogP contribution in [-0.4, -0.2) is 25.9 Å². The van der Waals surface area contributed by atoms with Crippen LogP contribution in [0.25, 0.3) is 0 Å². The molecule has 0 aromatic heterocycles. The number of hydrogen-bond acceptors (Lipinski definition) is 4. The summed E-state index contributed by atoms with van der Waals surface area (Å²) >= 11 is 4.79. The van der Waals surface area contributed by atoms with Crippen molar-refractivity contribution in [3.63, 3.8) is 0 Å². The van der Waals surface area contributed by atoms with Gasteiger partial charge in [0, 0.05) is 18.5 Å². The van der Waals surface area contributed by atoms with Crippen molar-refractivity contribution in [3.05, 3.63) is 29.8 Å². The molecule has 0 heterocycles. The van der Waals surface area contributed by atoms with Gasteiger partial charge >= 0.3 is 0 Å². The van der Waals surface area contributed by atoms with Crippen molar-refractivity contribution in [1.82, 2.24) is 4.72 Å². The molecule has 1 amide bonds. The van der Waals surface area contributed by atoms with E-state index in [0.29, 0.717) is 18.4 Å². The molecule has 0 bridgehead atoms. The highest BCUT2D eigenvalue weighted by Crippen LogP contribution is 2.10. The van der Waals surface area contributed by atoms with E-state index >= 15 is 0 Å². The minimum Gasteiger partial charge on any atom is -0.389 e. The Bertz CT molecular complexity index is 582. The van der Waals surface area contributed by atoms with E-state index in [0.717, 1.165) is 0 Å². The predicted octanol–water partition coefficient (Wildman–Crippen LogP) is 0.255. The summed E-state index contributed by atoms with van der Waals surface area (Å²) in [6.45, 7) is 0.257. The van der Waals surface area contributed by atoms with Gasteiger partial charge in [-0.05, 0) is 25.0 Å². The summed E-state index contributed by atoms with van der Waals surface area (Å²) in [7, 11) is -3.55. The molecule has 110 valence electrons. The summed E-state index contributed by atoms with van der Waals surface area (Å²) < 4.78 is 26.3. The fraction of sp³-hybridized carbons (Fsp3) is 0.333. The van der Waals surface area contributed by atoms with Gasteiger partial charge in [-0.15, -0.1) is 0 Å². The second-order valence-corrected chi connectivity index (χ2v) is 6.42. The van der Waals surface area contributed by atoms with Crippen LogP contribution >= 0.6 is 12.2 Å². The number of sulfonamides is 1. The number of nitrogens with two attached hydrogens (primary N) is 2. The lowest BCUT2D eigenvalue weighted by Gasteiger charge is -2.07. The number of carbonyl (C=O) groups excluding carboxylic acids is 1. The molecule has 0 fully saturated rings. The normalized spacial score (nSPS) is 11.2. The Labute approximate surface area is 123 Å². The molecule has 1 rings (SSSR count). The van der Waals surface area contributed by atoms with Crippen molar-refractivity contribution in [1.29, 1.82) is 0 Å². The number of amides is 1. The van der Waals surface area contributed by atoms with Crippen molar-refractivity contribution in [2.75, 3.05) is 6.54 Å². The fourth-order valence-electron chi connectivity index (χ4n) is 1.51. The highest BCUT2D eigenvalue weighted by Gasteiger charge is 2.13. The molecule has 0 aliphatic rings. The molecule has 1 aromatic carbocycles. The van der Waals surface area contributed by atoms with Gasteiger partial charge in [0.1, 0.15) is 4.99 Å². The van der Waals surface area contributed by atoms with Gasteiger partial charge in [-0.1, -0.05) is 24.4 Å². The Morgan fingerprint density at radius 3 is 2.25 bits per heavy atom. The number of benzene rings is 1. The Morgan fingerprint density at radius 2 is 1.75 bits per heavy atom. The van der Waals surface area contributed by atoms with Gasteiger partial charge in [0.2, 0.25) is 15.9 Å². The van der Waals surface area contributed by atoms with E-state index in [-0.39, 0.29) is 28.8 Å². The van der Waals surface area contributed by atoms with Crippen molar-refractivity contribution in [3.8, 4) is 0 Å². The first-order valence-corrected chi connectivity index (χ1v) is 7.90. The molecule has 5 N–H and O–H groups in total. The molecular formula is C12H17N3O3S2. The summed E-state index contributed by atoms with van der Waals surface area (Å²) in [4.78, 5) is 10.9. The number of carbonyl (C=O) groups is 1. The summed E-state index contributed by atoms with van der Waals surface area (Å²) in [5.41, 5.74) is 11.0. The molecule has 0 spiro atoms. The summed E-state index contributed by atoms with van der Waals surface area (Å²) in [5.74, 6) is -0.388. The second-order valence-electron chi connectivity index (χ2n) is 4.21. The minimum atomic E-state index is -3.55. The Hall–Kier alpha value is -1.51. The third kappa shape index (κ3) is 5.24. The predicted molar refractivity (Wildman–Crippen MR) is 80.6 cm³/mol. The molecule has 0 saturated heterocycles. The lowest BCUT2D eigenvalue weighted by molar-refractivity contribution is -0.118. The van der Waals surface area contributed by atoms with Crippen LogP contribution in [-0.2, 0) is 14.8 Å².